The van der Waals surface area contributed by atoms with Gasteiger partial charge in [0.15, 0.2) is 11.7 Å². The third-order valence-electron chi connectivity index (χ3n) is 2.98. The second-order valence-electron chi connectivity index (χ2n) is 4.37. The van der Waals surface area contributed by atoms with Crippen LogP contribution in [-0.2, 0) is 9.59 Å². The van der Waals surface area contributed by atoms with Crippen molar-refractivity contribution in [2.24, 2.45) is 5.92 Å². The first-order valence-corrected chi connectivity index (χ1v) is 6.06. The molecule has 2 aromatic rings. The van der Waals surface area contributed by atoms with Gasteiger partial charge in [-0.2, -0.15) is 0 Å². The van der Waals surface area contributed by atoms with Gasteiger partial charge < -0.3 is 14.8 Å². The summed E-state index contributed by atoms with van der Waals surface area (Å²) < 4.78 is 1.74. The van der Waals surface area contributed by atoms with E-state index in [-0.39, 0.29) is 5.56 Å². The van der Waals surface area contributed by atoms with Crippen LogP contribution in [0.3, 0.4) is 0 Å². The van der Waals surface area contributed by atoms with Gasteiger partial charge in [-0.15, -0.1) is 0 Å². The number of aromatic nitrogens is 2. The Morgan fingerprint density at radius 3 is 2.19 bits per heavy atom. The average molecular weight is 288 g/mol. The zero-order chi connectivity index (χ0) is 15.4. The summed E-state index contributed by atoms with van der Waals surface area (Å²) in [4.78, 5) is 37.4. The van der Waals surface area contributed by atoms with Gasteiger partial charge in [0.05, 0.1) is 6.33 Å². The van der Waals surface area contributed by atoms with Gasteiger partial charge in [-0.25, -0.2) is 4.98 Å². The van der Waals surface area contributed by atoms with Crippen molar-refractivity contribution in [1.29, 1.82) is 0 Å². The Balaban J connectivity index is 2.13. The van der Waals surface area contributed by atoms with Crippen molar-refractivity contribution in [2.75, 3.05) is 0 Å². The van der Waals surface area contributed by atoms with Crippen LogP contribution in [-0.4, -0.2) is 37.5 Å². The van der Waals surface area contributed by atoms with Gasteiger partial charge in [-0.1, -0.05) is 0 Å². The van der Waals surface area contributed by atoms with Crippen molar-refractivity contribution in [1.82, 2.24) is 9.55 Å². The summed E-state index contributed by atoms with van der Waals surface area (Å²) >= 11 is 0. The minimum absolute atomic E-state index is 0.270. The molecule has 7 nitrogen and oxygen atoms in total. The molecule has 0 saturated carbocycles. The monoisotopic (exact) mass is 288 g/mol. The van der Waals surface area contributed by atoms with Crippen LogP contribution in [0.1, 0.15) is 16.8 Å². The first-order chi connectivity index (χ1) is 9.99. The van der Waals surface area contributed by atoms with Gasteiger partial charge in [0.1, 0.15) is 0 Å². The third kappa shape index (κ3) is 3.33. The van der Waals surface area contributed by atoms with E-state index in [0.29, 0.717) is 0 Å². The normalized spacial score (nSPS) is 10.5. The predicted octanol–water partition coefficient (Wildman–Crippen LogP) is 1.23. The molecule has 1 aromatic carbocycles. The number of imidazole rings is 1. The predicted molar refractivity (Wildman–Crippen MR) is 71.3 cm³/mol. The molecule has 0 aliphatic heterocycles. The Morgan fingerprint density at radius 1 is 1.10 bits per heavy atom. The topological polar surface area (TPSA) is 109 Å². The number of hydrogen-bond donors (Lipinski definition) is 2. The number of ketones is 1. The SMILES string of the molecule is O=C(CC(C(=O)O)C(=O)O)c1ccc(-n2ccnc2)cc1. The van der Waals surface area contributed by atoms with Crippen molar-refractivity contribution in [3.8, 4) is 5.69 Å². The summed E-state index contributed by atoms with van der Waals surface area (Å²) in [6.45, 7) is 0. The maximum Gasteiger partial charge on any atom is 0.318 e. The van der Waals surface area contributed by atoms with E-state index in [1.165, 1.54) is 12.1 Å². The summed E-state index contributed by atoms with van der Waals surface area (Å²) in [5.74, 6) is -5.30. The molecule has 108 valence electrons. The molecule has 7 heteroatoms. The molecule has 0 aliphatic carbocycles. The Morgan fingerprint density at radius 2 is 1.71 bits per heavy atom. The van der Waals surface area contributed by atoms with E-state index in [0.717, 1.165) is 5.69 Å². The van der Waals surface area contributed by atoms with Crippen molar-refractivity contribution < 1.29 is 24.6 Å². The van der Waals surface area contributed by atoms with Crippen LogP contribution < -0.4 is 0 Å². The van der Waals surface area contributed by atoms with E-state index in [2.05, 4.69) is 4.98 Å². The van der Waals surface area contributed by atoms with E-state index >= 15 is 0 Å². The molecule has 0 unspecified atom stereocenters. The first-order valence-electron chi connectivity index (χ1n) is 6.06. The fourth-order valence-electron chi connectivity index (χ4n) is 1.81. The van der Waals surface area contributed by atoms with Crippen molar-refractivity contribution in [3.63, 3.8) is 0 Å². The average Bonchev–Trinajstić information content (AvgIpc) is 2.98. The lowest BCUT2D eigenvalue weighted by molar-refractivity contribution is -0.154. The van der Waals surface area contributed by atoms with Crippen LogP contribution in [0.4, 0.5) is 0 Å². The van der Waals surface area contributed by atoms with E-state index in [4.69, 9.17) is 10.2 Å². The van der Waals surface area contributed by atoms with Gasteiger partial charge in [-0.05, 0) is 24.3 Å². The maximum atomic E-state index is 11.9. The van der Waals surface area contributed by atoms with Gasteiger partial charge in [0.25, 0.3) is 0 Å². The Hall–Kier alpha value is -2.96. The lowest BCUT2D eigenvalue weighted by Crippen LogP contribution is -2.26. The van der Waals surface area contributed by atoms with E-state index in [1.807, 2.05) is 0 Å². The number of benzene rings is 1. The highest BCUT2D eigenvalue weighted by atomic mass is 16.4. The van der Waals surface area contributed by atoms with Crippen LogP contribution >= 0.6 is 0 Å². The minimum Gasteiger partial charge on any atom is -0.481 e. The quantitative estimate of drug-likeness (QED) is 0.611. The maximum absolute atomic E-state index is 11.9. The fraction of sp³-hybridized carbons (Fsp3) is 0.143. The van der Waals surface area contributed by atoms with Gasteiger partial charge >= 0.3 is 11.9 Å². The molecule has 2 rings (SSSR count). The van der Waals surface area contributed by atoms with Gasteiger partial charge in [0, 0.05) is 30.1 Å². The third-order valence-corrected chi connectivity index (χ3v) is 2.98. The molecule has 0 amide bonds. The number of carboxylic acid groups (broad SMARTS) is 2. The van der Waals surface area contributed by atoms with E-state index < -0.39 is 30.1 Å². The molecule has 2 N–H and O–H groups in total. The standard InChI is InChI=1S/C14H12N2O5/c17-12(7-11(13(18)19)14(20)21)9-1-3-10(4-2-9)16-6-5-15-8-16/h1-6,8,11H,7H2,(H,18,19)(H,20,21). The molecule has 0 spiro atoms. The summed E-state index contributed by atoms with van der Waals surface area (Å²) in [5.41, 5.74) is 1.06. The van der Waals surface area contributed by atoms with E-state index in [9.17, 15) is 14.4 Å². The lowest BCUT2D eigenvalue weighted by atomic mass is 9.98. The smallest absolute Gasteiger partial charge is 0.318 e. The van der Waals surface area contributed by atoms with Crippen molar-refractivity contribution in [3.05, 3.63) is 48.5 Å². The van der Waals surface area contributed by atoms with Crippen molar-refractivity contribution in [2.45, 2.75) is 6.42 Å². The number of aliphatic carboxylic acids is 2. The number of carbonyl (C=O) groups is 3. The summed E-state index contributed by atoms with van der Waals surface area (Å²) in [6.07, 6.45) is 4.38. The highest BCUT2D eigenvalue weighted by Crippen LogP contribution is 2.14. The summed E-state index contributed by atoms with van der Waals surface area (Å²) in [7, 11) is 0. The number of rotatable bonds is 6. The zero-order valence-corrected chi connectivity index (χ0v) is 10.8. The van der Waals surface area contributed by atoms with Crippen LogP contribution in [0, 0.1) is 5.92 Å². The summed E-state index contributed by atoms with van der Waals surface area (Å²) in [6, 6.07) is 6.40. The molecule has 1 heterocycles. The van der Waals surface area contributed by atoms with Gasteiger partial charge in [-0.3, -0.25) is 14.4 Å². The number of Topliss-reactive ketones (excluding diaryl/α,β-unsaturated/α-hetero) is 1. The highest BCUT2D eigenvalue weighted by molar-refractivity contribution is 6.03. The molecule has 21 heavy (non-hydrogen) atoms. The fourth-order valence-corrected chi connectivity index (χ4v) is 1.81. The van der Waals surface area contributed by atoms with Crippen molar-refractivity contribution >= 4 is 17.7 Å². The number of carboxylic acids is 2. The van der Waals surface area contributed by atoms with Gasteiger partial charge in [0.2, 0.25) is 0 Å². The largest absolute Gasteiger partial charge is 0.481 e. The molecular weight excluding hydrogens is 276 g/mol. The molecule has 1 aromatic heterocycles. The Kier molecular flexibility index (Phi) is 4.13. The second kappa shape index (κ2) is 6.00. The lowest BCUT2D eigenvalue weighted by Gasteiger charge is -2.07. The first kappa shape index (κ1) is 14.4. The molecule has 0 atom stereocenters. The van der Waals surface area contributed by atoms with Crippen LogP contribution in [0.25, 0.3) is 5.69 Å². The number of nitrogens with zero attached hydrogens (tertiary/aromatic N) is 2. The second-order valence-corrected chi connectivity index (χ2v) is 4.37. The molecule has 0 radical (unpaired) electrons. The number of hydrogen-bond acceptors (Lipinski definition) is 4. The summed E-state index contributed by atoms with van der Waals surface area (Å²) in [5, 5.41) is 17.5. The molecule has 0 fully saturated rings. The molecular formula is C14H12N2O5. The zero-order valence-electron chi connectivity index (χ0n) is 10.8. The molecule has 0 aliphatic rings. The Bertz CT molecular complexity index is 647. The minimum atomic E-state index is -1.73. The highest BCUT2D eigenvalue weighted by Gasteiger charge is 2.28. The molecule has 0 bridgehead atoms. The van der Waals surface area contributed by atoms with Crippen LogP contribution in [0.2, 0.25) is 0 Å². The van der Waals surface area contributed by atoms with Crippen LogP contribution in [0.5, 0.6) is 0 Å². The van der Waals surface area contributed by atoms with Crippen LogP contribution in [0.15, 0.2) is 43.0 Å². The Labute approximate surface area is 119 Å². The molecule has 0 saturated heterocycles. The number of carbonyl (C=O) groups excluding carboxylic acids is 1. The van der Waals surface area contributed by atoms with E-state index in [1.54, 1.807) is 35.4 Å².